The summed E-state index contributed by atoms with van der Waals surface area (Å²) in [6, 6.07) is 5.87. The molecule has 5 rings (SSSR count). The quantitative estimate of drug-likeness (QED) is 0.192. The first kappa shape index (κ1) is 30.7. The van der Waals surface area contributed by atoms with Gasteiger partial charge in [0, 0.05) is 18.2 Å². The molecule has 4 heterocycles. The minimum atomic E-state index is -4.50. The molecule has 3 N–H and O–H groups in total. The molecule has 1 fully saturated rings. The van der Waals surface area contributed by atoms with Crippen molar-refractivity contribution >= 4 is 33.0 Å². The molecule has 4 unspecified atom stereocenters. The monoisotopic (exact) mass is 623 g/mol. The van der Waals surface area contributed by atoms with E-state index in [2.05, 4.69) is 42.8 Å². The second-order valence-electron chi connectivity index (χ2n) is 10.5. The number of aromatic amines is 1. The number of anilines is 1. The first-order valence-corrected chi connectivity index (χ1v) is 14.8. The maximum atomic E-state index is 15.7. The van der Waals surface area contributed by atoms with Gasteiger partial charge in [-0.05, 0) is 43.3 Å². The van der Waals surface area contributed by atoms with Gasteiger partial charge in [-0.3, -0.25) is 14.8 Å². The number of amides is 1. The molecule has 232 valence electrons. The average Bonchev–Trinajstić information content (AvgIpc) is 3.72. The van der Waals surface area contributed by atoms with Crippen molar-refractivity contribution in [3.8, 4) is 16.6 Å². The number of piperidine rings is 1. The van der Waals surface area contributed by atoms with E-state index >= 15 is 4.39 Å². The lowest BCUT2D eigenvalue weighted by Gasteiger charge is -2.45. The van der Waals surface area contributed by atoms with Gasteiger partial charge in [0.05, 0.1) is 41.4 Å². The van der Waals surface area contributed by atoms with Gasteiger partial charge in [-0.2, -0.15) is 18.2 Å². The summed E-state index contributed by atoms with van der Waals surface area (Å²) in [5.74, 6) is -0.305. The largest absolute Gasteiger partial charge is 0.480 e. The Balaban J connectivity index is 1.44. The number of hydrogen-bond acceptors (Lipinski definition) is 9. The Kier molecular flexibility index (Phi) is 8.92. The van der Waals surface area contributed by atoms with Gasteiger partial charge in [0.15, 0.2) is 0 Å². The third kappa shape index (κ3) is 6.47. The summed E-state index contributed by atoms with van der Waals surface area (Å²) in [5, 5.41) is 16.6. The molecule has 0 bridgehead atoms. The van der Waals surface area contributed by atoms with E-state index in [-0.39, 0.29) is 52.4 Å². The number of methoxy groups -OCH3 is 1. The minimum Gasteiger partial charge on any atom is -0.480 e. The highest BCUT2D eigenvalue weighted by Crippen LogP contribution is 2.44. The molecule has 0 spiro atoms. The van der Waals surface area contributed by atoms with E-state index in [1.165, 1.54) is 13.2 Å². The molecule has 0 saturated carbocycles. The van der Waals surface area contributed by atoms with Gasteiger partial charge in [-0.25, -0.2) is 4.39 Å². The number of rotatable bonds is 10. The van der Waals surface area contributed by atoms with Crippen LogP contribution < -0.4 is 15.4 Å². The van der Waals surface area contributed by atoms with Gasteiger partial charge >= 0.3 is 6.18 Å². The Morgan fingerprint density at radius 2 is 2.07 bits per heavy atom. The molecule has 1 saturated heterocycles. The molecule has 43 heavy (non-hydrogen) atoms. The zero-order valence-corrected chi connectivity index (χ0v) is 24.9. The number of thiophene rings is 1. The van der Waals surface area contributed by atoms with Crippen molar-refractivity contribution in [2.75, 3.05) is 19.5 Å². The number of carbonyl (C=O) groups is 1. The standard InChI is InChI=1S/C28H33F4N7O3S/c1-5-14-10-18(23(29)20(6-2)39(14)3)34-17-9-7-8-15-16(12-28(30,31)32)25(43-24(15)17)26-35-22(42-38-26)13-33-27(40)19-11-21(41-4)37-36-19/h7-9,11,14,18,20,23,34H,5-6,10,12-13H2,1-4H3,(H,33,40)(H,36,37). The first-order valence-electron chi connectivity index (χ1n) is 14.0. The summed E-state index contributed by atoms with van der Waals surface area (Å²) in [6.45, 7) is 3.86. The summed E-state index contributed by atoms with van der Waals surface area (Å²) in [4.78, 5) is 18.9. The fraction of sp³-hybridized carbons (Fsp3) is 0.500. The van der Waals surface area contributed by atoms with Crippen molar-refractivity contribution in [2.24, 2.45) is 0 Å². The van der Waals surface area contributed by atoms with Crippen molar-refractivity contribution < 1.29 is 31.6 Å². The molecule has 1 aliphatic heterocycles. The van der Waals surface area contributed by atoms with Crippen molar-refractivity contribution in [2.45, 2.75) is 76.5 Å². The SMILES string of the molecule is CCC1CC(Nc2cccc3c(CC(F)(F)F)c(-c4noc(CNC(=O)c5cc(OC)n[nH]5)n4)sc23)C(F)C(CC)N1C. The Hall–Kier alpha value is -3.72. The second kappa shape index (κ2) is 12.5. The molecule has 1 aliphatic rings. The van der Waals surface area contributed by atoms with Crippen molar-refractivity contribution in [1.82, 2.24) is 30.6 Å². The van der Waals surface area contributed by atoms with Gasteiger partial charge in [0.2, 0.25) is 17.6 Å². The molecule has 15 heteroatoms. The molecule has 0 radical (unpaired) electrons. The second-order valence-corrected chi connectivity index (χ2v) is 11.6. The maximum absolute atomic E-state index is 15.7. The van der Waals surface area contributed by atoms with Crippen LogP contribution in [0.2, 0.25) is 0 Å². The van der Waals surface area contributed by atoms with E-state index in [9.17, 15) is 18.0 Å². The maximum Gasteiger partial charge on any atom is 0.393 e. The molecular weight excluding hydrogens is 590 g/mol. The van der Waals surface area contributed by atoms with E-state index in [1.54, 1.807) is 18.2 Å². The molecule has 4 atom stereocenters. The summed E-state index contributed by atoms with van der Waals surface area (Å²) < 4.78 is 67.8. The van der Waals surface area contributed by atoms with Gasteiger partial charge in [-0.15, -0.1) is 16.4 Å². The fourth-order valence-electron chi connectivity index (χ4n) is 5.69. The number of ether oxygens (including phenoxy) is 1. The van der Waals surface area contributed by atoms with E-state index in [0.717, 1.165) is 17.8 Å². The lowest BCUT2D eigenvalue weighted by molar-refractivity contribution is -0.126. The average molecular weight is 624 g/mol. The molecule has 0 aliphatic carbocycles. The summed E-state index contributed by atoms with van der Waals surface area (Å²) in [7, 11) is 3.35. The molecular formula is C28H33F4N7O3S. The smallest absolute Gasteiger partial charge is 0.393 e. The third-order valence-electron chi connectivity index (χ3n) is 7.88. The van der Waals surface area contributed by atoms with Gasteiger partial charge < -0.3 is 19.9 Å². The van der Waals surface area contributed by atoms with Crippen LogP contribution in [0.3, 0.4) is 0 Å². The van der Waals surface area contributed by atoms with Gasteiger partial charge in [0.1, 0.15) is 11.9 Å². The van der Waals surface area contributed by atoms with Crippen molar-refractivity contribution in [3.05, 3.63) is 41.4 Å². The number of likely N-dealkylation sites (tertiary alicyclic amines) is 1. The molecule has 10 nitrogen and oxygen atoms in total. The number of benzene rings is 1. The Labute approximate surface area is 249 Å². The number of aromatic nitrogens is 4. The first-order chi connectivity index (χ1) is 20.5. The van der Waals surface area contributed by atoms with Crippen LogP contribution in [-0.2, 0) is 13.0 Å². The lowest BCUT2D eigenvalue weighted by atomic mass is 9.87. The highest BCUT2D eigenvalue weighted by molar-refractivity contribution is 7.23. The third-order valence-corrected chi connectivity index (χ3v) is 9.16. The summed E-state index contributed by atoms with van der Waals surface area (Å²) in [6.07, 6.45) is -4.79. The Morgan fingerprint density at radius 3 is 2.74 bits per heavy atom. The highest BCUT2D eigenvalue weighted by Gasteiger charge is 2.40. The van der Waals surface area contributed by atoms with Crippen molar-refractivity contribution in [3.63, 3.8) is 0 Å². The van der Waals surface area contributed by atoms with Crippen LogP contribution in [0, 0.1) is 0 Å². The molecule has 1 amide bonds. The van der Waals surface area contributed by atoms with Crippen LogP contribution in [0.4, 0.5) is 23.2 Å². The normalized spacial score (nSPS) is 21.3. The number of nitrogens with zero attached hydrogens (tertiary/aromatic N) is 4. The lowest BCUT2D eigenvalue weighted by Crippen LogP contribution is -2.57. The number of halogens is 4. The number of fused-ring (bicyclic) bond motifs is 1. The molecule has 1 aromatic carbocycles. The zero-order valence-electron chi connectivity index (χ0n) is 24.1. The minimum absolute atomic E-state index is 0.00593. The van der Waals surface area contributed by atoms with E-state index in [1.807, 2.05) is 14.0 Å². The van der Waals surface area contributed by atoms with Crippen LogP contribution in [0.15, 0.2) is 28.8 Å². The molecule has 4 aromatic rings. The molecule has 3 aromatic heterocycles. The van der Waals surface area contributed by atoms with Gasteiger partial charge in [-0.1, -0.05) is 31.1 Å². The van der Waals surface area contributed by atoms with Crippen LogP contribution in [0.5, 0.6) is 5.88 Å². The topological polar surface area (TPSA) is 121 Å². The number of nitrogens with one attached hydrogen (secondary N) is 3. The summed E-state index contributed by atoms with van der Waals surface area (Å²) in [5.41, 5.74) is 0.712. The van der Waals surface area contributed by atoms with Crippen LogP contribution in [-0.4, -0.2) is 75.8 Å². The Morgan fingerprint density at radius 1 is 1.28 bits per heavy atom. The number of carbonyl (C=O) groups excluding carboxylic acids is 1. The van der Waals surface area contributed by atoms with E-state index in [4.69, 9.17) is 9.26 Å². The predicted molar refractivity (Wildman–Crippen MR) is 154 cm³/mol. The number of hydrogen-bond donors (Lipinski definition) is 3. The predicted octanol–water partition coefficient (Wildman–Crippen LogP) is 5.73. The van der Waals surface area contributed by atoms with Gasteiger partial charge in [0.25, 0.3) is 5.91 Å². The van der Waals surface area contributed by atoms with Crippen LogP contribution in [0.1, 0.15) is 55.1 Å². The van der Waals surface area contributed by atoms with E-state index in [0.29, 0.717) is 28.6 Å². The van der Waals surface area contributed by atoms with E-state index < -0.39 is 30.7 Å². The fourth-order valence-corrected chi connectivity index (χ4v) is 6.92. The summed E-state index contributed by atoms with van der Waals surface area (Å²) >= 11 is 1.09. The number of H-pyrrole nitrogens is 1. The zero-order chi connectivity index (χ0) is 30.9. The Bertz CT molecular complexity index is 1570. The highest BCUT2D eigenvalue weighted by atomic mass is 32.1. The number of alkyl halides is 4. The van der Waals surface area contributed by atoms with Crippen LogP contribution in [0.25, 0.3) is 20.8 Å². The van der Waals surface area contributed by atoms with Crippen molar-refractivity contribution in [1.29, 1.82) is 0 Å². The van der Waals surface area contributed by atoms with Crippen LogP contribution >= 0.6 is 11.3 Å².